The zero-order chi connectivity index (χ0) is 15.4. The van der Waals surface area contributed by atoms with Gasteiger partial charge in [-0.15, -0.1) is 0 Å². The summed E-state index contributed by atoms with van der Waals surface area (Å²) in [7, 11) is 0. The Morgan fingerprint density at radius 3 is 2.29 bits per heavy atom. The van der Waals surface area contributed by atoms with Crippen molar-refractivity contribution >= 4 is 49.4 Å². The van der Waals surface area contributed by atoms with Crippen LogP contribution in [0.15, 0.2) is 57.5 Å². The summed E-state index contributed by atoms with van der Waals surface area (Å²) >= 11 is 6.65. The molecular formula is C15H11Br2NO3. The van der Waals surface area contributed by atoms with Crippen molar-refractivity contribution < 1.29 is 14.7 Å². The number of halogens is 2. The molecule has 0 fully saturated rings. The summed E-state index contributed by atoms with van der Waals surface area (Å²) in [5.74, 6) is -1.44. The van der Waals surface area contributed by atoms with Crippen LogP contribution in [0.4, 0.5) is 5.69 Å². The predicted octanol–water partition coefficient (Wildman–Crippen LogP) is 3.94. The Balaban J connectivity index is 2.41. The van der Waals surface area contributed by atoms with Gasteiger partial charge in [-0.05, 0) is 46.3 Å². The topological polar surface area (TPSA) is 57.6 Å². The summed E-state index contributed by atoms with van der Waals surface area (Å²) in [5, 5.41) is 9.04. The number of rotatable bonds is 4. The second-order valence-electron chi connectivity index (χ2n) is 4.24. The molecule has 2 aromatic carbocycles. The first-order chi connectivity index (χ1) is 9.99. The summed E-state index contributed by atoms with van der Waals surface area (Å²) in [4.78, 5) is 24.9. The van der Waals surface area contributed by atoms with Crippen LogP contribution in [0.5, 0.6) is 0 Å². The van der Waals surface area contributed by atoms with Gasteiger partial charge in [0.2, 0.25) is 0 Å². The molecule has 0 atom stereocenters. The number of carbonyl (C=O) groups excluding carboxylic acids is 1. The van der Waals surface area contributed by atoms with E-state index in [2.05, 4.69) is 31.9 Å². The van der Waals surface area contributed by atoms with Crippen molar-refractivity contribution in [3.63, 3.8) is 0 Å². The monoisotopic (exact) mass is 411 g/mol. The van der Waals surface area contributed by atoms with Gasteiger partial charge < -0.3 is 5.11 Å². The van der Waals surface area contributed by atoms with E-state index in [0.29, 0.717) is 15.7 Å². The average molecular weight is 413 g/mol. The molecule has 6 heteroatoms. The molecule has 0 aromatic heterocycles. The lowest BCUT2D eigenvalue weighted by Gasteiger charge is -2.21. The SMILES string of the molecule is O=C(O)CN(C(=O)c1ccc(Br)cc1Br)c1ccccc1. The molecule has 0 bridgehead atoms. The second kappa shape index (κ2) is 6.87. The Labute approximate surface area is 138 Å². The molecule has 108 valence electrons. The highest BCUT2D eigenvalue weighted by Crippen LogP contribution is 2.25. The van der Waals surface area contributed by atoms with Gasteiger partial charge in [-0.3, -0.25) is 14.5 Å². The number of carboxylic acid groups (broad SMARTS) is 1. The van der Waals surface area contributed by atoms with E-state index < -0.39 is 12.5 Å². The number of nitrogens with zero attached hydrogens (tertiary/aromatic N) is 1. The van der Waals surface area contributed by atoms with Crippen LogP contribution < -0.4 is 4.90 Å². The maximum absolute atomic E-state index is 12.6. The van der Waals surface area contributed by atoms with Crippen molar-refractivity contribution in [3.05, 3.63) is 63.0 Å². The van der Waals surface area contributed by atoms with E-state index in [4.69, 9.17) is 5.11 Å². The summed E-state index contributed by atoms with van der Waals surface area (Å²) in [6.07, 6.45) is 0. The van der Waals surface area contributed by atoms with Crippen LogP contribution >= 0.6 is 31.9 Å². The lowest BCUT2D eigenvalue weighted by atomic mass is 10.2. The third kappa shape index (κ3) is 3.92. The number of carboxylic acids is 1. The molecule has 0 saturated heterocycles. The predicted molar refractivity (Wildman–Crippen MR) is 87.6 cm³/mol. The van der Waals surface area contributed by atoms with Crippen LogP contribution in [0, 0.1) is 0 Å². The van der Waals surface area contributed by atoms with E-state index in [-0.39, 0.29) is 5.91 Å². The molecule has 0 aliphatic carbocycles. The fourth-order valence-corrected chi connectivity index (χ4v) is 3.05. The third-order valence-electron chi connectivity index (χ3n) is 2.77. The van der Waals surface area contributed by atoms with Crippen LogP contribution in [0.1, 0.15) is 10.4 Å². The second-order valence-corrected chi connectivity index (χ2v) is 6.01. The molecular weight excluding hydrogens is 402 g/mol. The van der Waals surface area contributed by atoms with Crippen molar-refractivity contribution in [2.45, 2.75) is 0 Å². The number of amides is 1. The van der Waals surface area contributed by atoms with Gasteiger partial charge in [-0.2, -0.15) is 0 Å². The van der Waals surface area contributed by atoms with E-state index in [1.807, 2.05) is 6.07 Å². The summed E-state index contributed by atoms with van der Waals surface area (Å²) in [5.41, 5.74) is 0.947. The minimum atomic E-state index is -1.07. The Morgan fingerprint density at radius 2 is 1.71 bits per heavy atom. The normalized spacial score (nSPS) is 10.2. The van der Waals surface area contributed by atoms with Gasteiger partial charge in [-0.25, -0.2) is 0 Å². The first kappa shape index (κ1) is 15.7. The van der Waals surface area contributed by atoms with E-state index in [1.165, 1.54) is 4.90 Å². The summed E-state index contributed by atoms with van der Waals surface area (Å²) in [6, 6.07) is 13.9. The van der Waals surface area contributed by atoms with E-state index in [1.54, 1.807) is 42.5 Å². The lowest BCUT2D eigenvalue weighted by Crippen LogP contribution is -2.35. The molecule has 4 nitrogen and oxygen atoms in total. The van der Waals surface area contributed by atoms with Crippen LogP contribution in [0.3, 0.4) is 0 Å². The number of hydrogen-bond acceptors (Lipinski definition) is 2. The van der Waals surface area contributed by atoms with E-state index >= 15 is 0 Å². The van der Waals surface area contributed by atoms with Crippen LogP contribution in [-0.4, -0.2) is 23.5 Å². The van der Waals surface area contributed by atoms with E-state index in [0.717, 1.165) is 4.47 Å². The van der Waals surface area contributed by atoms with Crippen LogP contribution in [0.2, 0.25) is 0 Å². The number of aliphatic carboxylic acids is 1. The average Bonchev–Trinajstić information content (AvgIpc) is 2.45. The molecule has 0 heterocycles. The summed E-state index contributed by atoms with van der Waals surface area (Å²) < 4.78 is 1.43. The first-order valence-corrected chi connectivity index (χ1v) is 7.61. The van der Waals surface area contributed by atoms with Gasteiger partial charge in [0, 0.05) is 14.6 Å². The van der Waals surface area contributed by atoms with Crippen LogP contribution in [-0.2, 0) is 4.79 Å². The highest BCUT2D eigenvalue weighted by Gasteiger charge is 2.22. The van der Waals surface area contributed by atoms with Gasteiger partial charge in [0.1, 0.15) is 6.54 Å². The Hall–Kier alpha value is -1.66. The van der Waals surface area contributed by atoms with E-state index in [9.17, 15) is 9.59 Å². The number of benzene rings is 2. The molecule has 0 saturated carbocycles. The highest BCUT2D eigenvalue weighted by molar-refractivity contribution is 9.11. The van der Waals surface area contributed by atoms with Gasteiger partial charge in [0.25, 0.3) is 5.91 Å². The molecule has 1 amide bonds. The van der Waals surface area contributed by atoms with Crippen molar-refractivity contribution in [1.29, 1.82) is 0 Å². The molecule has 2 aromatic rings. The molecule has 0 spiro atoms. The summed E-state index contributed by atoms with van der Waals surface area (Å²) in [6.45, 7) is -0.397. The van der Waals surface area contributed by atoms with Crippen molar-refractivity contribution in [2.24, 2.45) is 0 Å². The number of hydrogen-bond donors (Lipinski definition) is 1. The van der Waals surface area contributed by atoms with Crippen molar-refractivity contribution in [3.8, 4) is 0 Å². The van der Waals surface area contributed by atoms with Gasteiger partial charge in [-0.1, -0.05) is 34.1 Å². The largest absolute Gasteiger partial charge is 0.480 e. The first-order valence-electron chi connectivity index (χ1n) is 6.03. The highest BCUT2D eigenvalue weighted by atomic mass is 79.9. The van der Waals surface area contributed by atoms with Crippen molar-refractivity contribution in [2.75, 3.05) is 11.4 Å². The standard InChI is InChI=1S/C15H11Br2NO3/c16-10-6-7-12(13(17)8-10)15(21)18(9-14(19)20)11-4-2-1-3-5-11/h1-8H,9H2,(H,19,20). The van der Waals surface area contributed by atoms with Gasteiger partial charge in [0.15, 0.2) is 0 Å². The number of anilines is 1. The fourth-order valence-electron chi connectivity index (χ4n) is 1.83. The molecule has 0 unspecified atom stereocenters. The smallest absolute Gasteiger partial charge is 0.323 e. The van der Waals surface area contributed by atoms with Crippen LogP contribution in [0.25, 0.3) is 0 Å². The fraction of sp³-hybridized carbons (Fsp3) is 0.0667. The molecule has 0 radical (unpaired) electrons. The Morgan fingerprint density at radius 1 is 1.05 bits per heavy atom. The minimum absolute atomic E-state index is 0.372. The molecule has 2 rings (SSSR count). The number of para-hydroxylation sites is 1. The molecule has 0 aliphatic rings. The van der Waals surface area contributed by atoms with Gasteiger partial charge >= 0.3 is 5.97 Å². The zero-order valence-corrected chi connectivity index (χ0v) is 14.0. The molecule has 1 N–H and O–H groups in total. The molecule has 21 heavy (non-hydrogen) atoms. The Bertz CT molecular complexity index is 674. The number of carbonyl (C=O) groups is 2. The minimum Gasteiger partial charge on any atom is -0.480 e. The maximum Gasteiger partial charge on any atom is 0.323 e. The molecule has 0 aliphatic heterocycles. The maximum atomic E-state index is 12.6. The van der Waals surface area contributed by atoms with Crippen molar-refractivity contribution in [1.82, 2.24) is 0 Å². The quantitative estimate of drug-likeness (QED) is 0.827. The third-order valence-corrected chi connectivity index (χ3v) is 3.92. The van der Waals surface area contributed by atoms with Gasteiger partial charge in [0.05, 0.1) is 5.56 Å². The lowest BCUT2D eigenvalue weighted by molar-refractivity contribution is -0.135. The zero-order valence-electron chi connectivity index (χ0n) is 10.8. The Kier molecular flexibility index (Phi) is 5.14.